The molecule has 1 fully saturated rings. The van der Waals surface area contributed by atoms with Gasteiger partial charge in [-0.25, -0.2) is 14.4 Å². The van der Waals surface area contributed by atoms with Crippen molar-refractivity contribution in [3.05, 3.63) is 224 Å². The standard InChI is InChI=1S/C54H49N3O11/c1-63-38-25-21-36(22-26-38)54(35-15-7-4-8-16-35,37-23-27-39(64-2)28-24-37)66-33-46-48(59)49(50(67-46)57-30-29-47(58)56-52(57)61)68-51(60)45(31-34-13-5-3-6-14-34)55-53(62)65-32-44-42-19-11-9-17-40(42)41-18-10-12-20-43(41)44/h3-30,44-46,48-50,59H,31-33H2,1-2H3,(H,55,62)(H,56,58,61)/t45-,46+,48+,49+,50+/m0/s1. The highest BCUT2D eigenvalue weighted by atomic mass is 16.6. The molecule has 5 atom stereocenters. The molecule has 0 bridgehead atoms. The van der Waals surface area contributed by atoms with E-state index in [1.807, 2.05) is 133 Å². The molecule has 9 rings (SSSR count). The Bertz CT molecular complexity index is 2880. The summed E-state index contributed by atoms with van der Waals surface area (Å²) in [5.74, 6) is 0.0771. The smallest absolute Gasteiger partial charge is 0.407 e. The Kier molecular flexibility index (Phi) is 13.3. The summed E-state index contributed by atoms with van der Waals surface area (Å²) in [5.41, 5.74) is 4.16. The van der Waals surface area contributed by atoms with Crippen molar-refractivity contribution in [3.8, 4) is 22.6 Å². The van der Waals surface area contributed by atoms with Crippen molar-refractivity contribution >= 4 is 12.1 Å². The van der Waals surface area contributed by atoms with Gasteiger partial charge in [-0.1, -0.05) is 133 Å². The zero-order chi connectivity index (χ0) is 47.2. The van der Waals surface area contributed by atoms with Crippen LogP contribution in [0, 0.1) is 0 Å². The van der Waals surface area contributed by atoms with E-state index in [1.54, 1.807) is 38.5 Å². The summed E-state index contributed by atoms with van der Waals surface area (Å²) in [5, 5.41) is 14.9. The number of hydrogen-bond acceptors (Lipinski definition) is 11. The largest absolute Gasteiger partial charge is 0.497 e. The summed E-state index contributed by atoms with van der Waals surface area (Å²) in [6.45, 7) is -0.305. The van der Waals surface area contributed by atoms with Gasteiger partial charge in [0.25, 0.3) is 5.56 Å². The monoisotopic (exact) mass is 915 g/mol. The molecule has 3 N–H and O–H groups in total. The third-order valence-electron chi connectivity index (χ3n) is 12.5. The lowest BCUT2D eigenvalue weighted by Crippen LogP contribution is -2.48. The van der Waals surface area contributed by atoms with Crippen LogP contribution in [0.15, 0.2) is 180 Å². The van der Waals surface area contributed by atoms with Crippen molar-refractivity contribution in [1.29, 1.82) is 0 Å². The fraction of sp³-hybridized carbons (Fsp3) is 0.222. The number of esters is 1. The molecule has 2 aliphatic rings. The van der Waals surface area contributed by atoms with Crippen LogP contribution in [-0.4, -0.2) is 78.5 Å². The Labute approximate surface area is 391 Å². The molecule has 68 heavy (non-hydrogen) atoms. The van der Waals surface area contributed by atoms with E-state index < -0.39 is 59.5 Å². The highest BCUT2D eigenvalue weighted by Gasteiger charge is 2.50. The molecule has 2 heterocycles. The number of amides is 1. The summed E-state index contributed by atoms with van der Waals surface area (Å²) in [6.07, 6.45) is -5.49. The molecule has 0 saturated carbocycles. The molecular formula is C54H49N3O11. The highest BCUT2D eigenvalue weighted by Crippen LogP contribution is 2.45. The van der Waals surface area contributed by atoms with Gasteiger partial charge in [0.15, 0.2) is 12.3 Å². The van der Waals surface area contributed by atoms with Gasteiger partial charge < -0.3 is 38.8 Å². The molecule has 1 aliphatic heterocycles. The molecule has 14 nitrogen and oxygen atoms in total. The molecule has 1 amide bonds. The first-order valence-corrected chi connectivity index (χ1v) is 22.2. The van der Waals surface area contributed by atoms with Gasteiger partial charge in [0.05, 0.1) is 20.8 Å². The van der Waals surface area contributed by atoms with Crippen LogP contribution in [0.2, 0.25) is 0 Å². The number of aliphatic hydroxyl groups is 1. The number of rotatable bonds is 16. The molecule has 1 aliphatic carbocycles. The molecule has 1 saturated heterocycles. The van der Waals surface area contributed by atoms with Crippen LogP contribution < -0.4 is 26.0 Å². The van der Waals surface area contributed by atoms with Crippen molar-refractivity contribution in [2.45, 2.75) is 48.5 Å². The van der Waals surface area contributed by atoms with Gasteiger partial charge in [0.1, 0.15) is 42.0 Å². The second-order valence-corrected chi connectivity index (χ2v) is 16.5. The topological polar surface area (TPSA) is 177 Å². The van der Waals surface area contributed by atoms with Crippen molar-refractivity contribution < 1.29 is 43.1 Å². The third kappa shape index (κ3) is 9.16. The minimum Gasteiger partial charge on any atom is -0.497 e. The second-order valence-electron chi connectivity index (χ2n) is 16.5. The average Bonchev–Trinajstić information content (AvgIpc) is 3.86. The highest BCUT2D eigenvalue weighted by molar-refractivity contribution is 5.82. The minimum atomic E-state index is -1.60. The summed E-state index contributed by atoms with van der Waals surface area (Å²) >= 11 is 0. The average molecular weight is 916 g/mol. The predicted molar refractivity (Wildman–Crippen MR) is 252 cm³/mol. The van der Waals surface area contributed by atoms with Crippen LogP contribution in [0.4, 0.5) is 4.79 Å². The fourth-order valence-electron chi connectivity index (χ4n) is 9.16. The van der Waals surface area contributed by atoms with Crippen LogP contribution in [-0.2, 0) is 35.8 Å². The lowest BCUT2D eigenvalue weighted by atomic mass is 9.80. The zero-order valence-corrected chi connectivity index (χ0v) is 37.2. The van der Waals surface area contributed by atoms with E-state index in [0.717, 1.165) is 38.5 Å². The molecule has 346 valence electrons. The molecular weight excluding hydrogens is 867 g/mol. The number of methoxy groups -OCH3 is 2. The number of carbonyl (C=O) groups is 2. The van der Waals surface area contributed by atoms with E-state index in [9.17, 15) is 24.3 Å². The molecule has 1 aromatic heterocycles. The van der Waals surface area contributed by atoms with Gasteiger partial charge in [-0.15, -0.1) is 0 Å². The molecule has 6 aromatic carbocycles. The van der Waals surface area contributed by atoms with E-state index in [0.29, 0.717) is 28.2 Å². The number of benzene rings is 6. The van der Waals surface area contributed by atoms with Gasteiger partial charge in [-0.3, -0.25) is 14.3 Å². The number of aromatic nitrogens is 2. The van der Waals surface area contributed by atoms with Gasteiger partial charge >= 0.3 is 17.8 Å². The minimum absolute atomic E-state index is 0.00144. The number of alkyl carbamates (subject to hydrolysis) is 1. The van der Waals surface area contributed by atoms with E-state index in [-0.39, 0.29) is 25.6 Å². The van der Waals surface area contributed by atoms with Crippen molar-refractivity contribution in [3.63, 3.8) is 0 Å². The summed E-state index contributed by atoms with van der Waals surface area (Å²) in [7, 11) is 3.15. The number of aliphatic hydroxyl groups excluding tert-OH is 1. The van der Waals surface area contributed by atoms with Crippen molar-refractivity contribution in [2.75, 3.05) is 27.4 Å². The van der Waals surface area contributed by atoms with Gasteiger partial charge in [0, 0.05) is 24.6 Å². The second kappa shape index (κ2) is 20.0. The molecule has 7 aromatic rings. The molecule has 0 unspecified atom stereocenters. The quantitative estimate of drug-likeness (QED) is 0.0681. The predicted octanol–water partition coefficient (Wildman–Crippen LogP) is 6.88. The summed E-state index contributed by atoms with van der Waals surface area (Å²) in [6, 6.07) is 49.0. The normalized spacial score (nSPS) is 17.9. The Morgan fingerprint density at radius 3 is 1.82 bits per heavy atom. The first-order valence-electron chi connectivity index (χ1n) is 22.2. The number of ether oxygens (including phenoxy) is 6. The van der Waals surface area contributed by atoms with Crippen molar-refractivity contribution in [2.24, 2.45) is 0 Å². The molecule has 14 heteroatoms. The lowest BCUT2D eigenvalue weighted by Gasteiger charge is -2.37. The maximum Gasteiger partial charge on any atom is 0.407 e. The SMILES string of the molecule is COc1ccc(C(OC[C@H]2O[C@@H](n3ccc(=O)[nH]c3=O)[C@H](OC(=O)[C@H](Cc3ccccc3)NC(=O)OCC3c4ccccc4-c4ccccc43)[C@@H]2O)(c2ccccc2)c2ccc(OC)cc2)cc1. The van der Waals surface area contributed by atoms with Crippen LogP contribution >= 0.6 is 0 Å². The van der Waals surface area contributed by atoms with E-state index in [2.05, 4.69) is 10.3 Å². The number of H-pyrrole nitrogens is 1. The van der Waals surface area contributed by atoms with E-state index >= 15 is 0 Å². The van der Waals surface area contributed by atoms with Crippen LogP contribution in [0.1, 0.15) is 45.5 Å². The Morgan fingerprint density at radius 2 is 1.25 bits per heavy atom. The fourth-order valence-corrected chi connectivity index (χ4v) is 9.16. The van der Waals surface area contributed by atoms with Crippen LogP contribution in [0.25, 0.3) is 11.1 Å². The van der Waals surface area contributed by atoms with E-state index in [4.69, 9.17) is 28.4 Å². The molecule has 0 spiro atoms. The number of fused-ring (bicyclic) bond motifs is 3. The zero-order valence-electron chi connectivity index (χ0n) is 37.2. The maximum absolute atomic E-state index is 14.5. The number of hydrogen-bond donors (Lipinski definition) is 3. The Morgan fingerprint density at radius 1 is 0.706 bits per heavy atom. The Hall–Kier alpha value is -7.78. The summed E-state index contributed by atoms with van der Waals surface area (Å²) < 4.78 is 37.5. The van der Waals surface area contributed by atoms with Gasteiger partial charge in [-0.2, -0.15) is 0 Å². The molecule has 0 radical (unpaired) electrons. The number of carbonyl (C=O) groups excluding carboxylic acids is 2. The van der Waals surface area contributed by atoms with Crippen LogP contribution in [0.5, 0.6) is 11.5 Å². The van der Waals surface area contributed by atoms with Gasteiger partial charge in [-0.05, 0) is 68.8 Å². The van der Waals surface area contributed by atoms with Crippen LogP contribution in [0.3, 0.4) is 0 Å². The number of nitrogens with zero attached hydrogens (tertiary/aromatic N) is 1. The van der Waals surface area contributed by atoms with Gasteiger partial charge in [0.2, 0.25) is 0 Å². The first-order chi connectivity index (χ1) is 33.2. The van der Waals surface area contributed by atoms with E-state index in [1.165, 1.54) is 6.20 Å². The summed E-state index contributed by atoms with van der Waals surface area (Å²) in [4.78, 5) is 56.1. The third-order valence-corrected chi connectivity index (χ3v) is 12.5. The number of aromatic amines is 1. The lowest BCUT2D eigenvalue weighted by molar-refractivity contribution is -0.161. The Balaban J connectivity index is 1.01. The first kappa shape index (κ1) is 45.4. The van der Waals surface area contributed by atoms with Crippen molar-refractivity contribution in [1.82, 2.24) is 14.9 Å². The number of nitrogens with one attached hydrogen (secondary N) is 2. The maximum atomic E-state index is 14.5.